The number of amides is 1. The van der Waals surface area contributed by atoms with Gasteiger partial charge in [0.15, 0.2) is 0 Å². The highest BCUT2D eigenvalue weighted by atomic mass is 19.1. The van der Waals surface area contributed by atoms with Gasteiger partial charge in [-0.2, -0.15) is 0 Å². The summed E-state index contributed by atoms with van der Waals surface area (Å²) in [4.78, 5) is 16.6. The van der Waals surface area contributed by atoms with E-state index in [0.29, 0.717) is 6.54 Å². The summed E-state index contributed by atoms with van der Waals surface area (Å²) in [5, 5.41) is 0. The Morgan fingerprint density at radius 2 is 1.75 bits per heavy atom. The summed E-state index contributed by atoms with van der Waals surface area (Å²) in [6.07, 6.45) is 1.78. The Morgan fingerprint density at radius 1 is 1.04 bits per heavy atom. The van der Waals surface area contributed by atoms with Crippen LogP contribution >= 0.6 is 0 Å². The smallest absolute Gasteiger partial charge is 0.253 e. The molecule has 2 heterocycles. The molecule has 0 atom stereocenters. The van der Waals surface area contributed by atoms with E-state index in [2.05, 4.69) is 36.9 Å². The van der Waals surface area contributed by atoms with E-state index in [0.717, 1.165) is 38.2 Å². The first-order chi connectivity index (χ1) is 13.4. The molecule has 2 aliphatic heterocycles. The average molecular weight is 382 g/mol. The van der Waals surface area contributed by atoms with Crippen LogP contribution < -0.4 is 4.90 Å². The number of ether oxygens (including phenoxy) is 1. The molecule has 2 aliphatic rings. The van der Waals surface area contributed by atoms with Crippen LogP contribution in [0.5, 0.6) is 0 Å². The van der Waals surface area contributed by atoms with Gasteiger partial charge in [-0.05, 0) is 67.6 Å². The Hall–Kier alpha value is -2.24. The van der Waals surface area contributed by atoms with Crippen molar-refractivity contribution in [2.75, 3.05) is 31.1 Å². The van der Waals surface area contributed by atoms with Gasteiger partial charge in [0.25, 0.3) is 5.91 Å². The molecule has 0 bridgehead atoms. The average Bonchev–Trinajstić information content (AvgIpc) is 2.69. The number of morpholine rings is 1. The van der Waals surface area contributed by atoms with Gasteiger partial charge in [-0.25, -0.2) is 4.39 Å². The SMILES string of the molecule is Cc1ccc(CN2CCC3(CC2)CN(c2ccc(F)cc2)C(=O)CO3)cc1C. The normalized spacial score (nSPS) is 20.0. The number of likely N-dealkylation sites (tertiary alicyclic amines) is 1. The van der Waals surface area contributed by atoms with Crippen molar-refractivity contribution < 1.29 is 13.9 Å². The van der Waals surface area contributed by atoms with Crippen molar-refractivity contribution in [1.82, 2.24) is 4.90 Å². The minimum absolute atomic E-state index is 0.0604. The lowest BCUT2D eigenvalue weighted by Crippen LogP contribution is -2.58. The van der Waals surface area contributed by atoms with Gasteiger partial charge in [0.2, 0.25) is 0 Å². The lowest BCUT2D eigenvalue weighted by atomic mass is 9.88. The van der Waals surface area contributed by atoms with E-state index >= 15 is 0 Å². The molecule has 4 nitrogen and oxygen atoms in total. The first-order valence-corrected chi connectivity index (χ1v) is 9.93. The molecule has 0 unspecified atom stereocenters. The van der Waals surface area contributed by atoms with Crippen LogP contribution in [0, 0.1) is 19.7 Å². The molecule has 0 N–H and O–H groups in total. The standard InChI is InChI=1S/C23H27FN2O2/c1-17-3-4-19(13-18(17)2)14-25-11-9-23(10-12-25)16-26(22(27)15-28-23)21-7-5-20(24)6-8-21/h3-8,13H,9-12,14-16H2,1-2H3. The highest BCUT2D eigenvalue weighted by Gasteiger charge is 2.42. The molecule has 0 aromatic heterocycles. The van der Waals surface area contributed by atoms with Crippen LogP contribution in [0.25, 0.3) is 0 Å². The molecule has 2 aromatic rings. The summed E-state index contributed by atoms with van der Waals surface area (Å²) in [5.74, 6) is -0.353. The summed E-state index contributed by atoms with van der Waals surface area (Å²) < 4.78 is 19.3. The second-order valence-electron chi connectivity index (χ2n) is 8.12. The molecule has 4 rings (SSSR count). The molecule has 2 saturated heterocycles. The van der Waals surface area contributed by atoms with E-state index in [1.807, 2.05) is 0 Å². The number of piperidine rings is 1. The van der Waals surface area contributed by atoms with Gasteiger partial charge < -0.3 is 9.64 Å². The first kappa shape index (κ1) is 19.1. The number of carbonyl (C=O) groups is 1. The summed E-state index contributed by atoms with van der Waals surface area (Å²) in [7, 11) is 0. The van der Waals surface area contributed by atoms with E-state index in [9.17, 15) is 9.18 Å². The zero-order valence-electron chi connectivity index (χ0n) is 16.6. The van der Waals surface area contributed by atoms with E-state index in [-0.39, 0.29) is 23.9 Å². The summed E-state index contributed by atoms with van der Waals surface area (Å²) >= 11 is 0. The minimum atomic E-state index is -0.304. The van der Waals surface area contributed by atoms with E-state index < -0.39 is 0 Å². The van der Waals surface area contributed by atoms with Gasteiger partial charge in [-0.15, -0.1) is 0 Å². The van der Waals surface area contributed by atoms with Gasteiger partial charge in [0.05, 0.1) is 12.1 Å². The molecule has 2 aromatic carbocycles. The molecule has 28 heavy (non-hydrogen) atoms. The van der Waals surface area contributed by atoms with Crippen LogP contribution in [0.3, 0.4) is 0 Å². The molecule has 0 saturated carbocycles. The maximum absolute atomic E-state index is 13.2. The quantitative estimate of drug-likeness (QED) is 0.809. The van der Waals surface area contributed by atoms with Gasteiger partial charge in [0.1, 0.15) is 12.4 Å². The Balaban J connectivity index is 1.40. The molecule has 148 valence electrons. The van der Waals surface area contributed by atoms with Gasteiger partial charge >= 0.3 is 0 Å². The lowest BCUT2D eigenvalue weighted by molar-refractivity contribution is -0.144. The number of halogens is 1. The number of anilines is 1. The molecular formula is C23H27FN2O2. The first-order valence-electron chi connectivity index (χ1n) is 9.93. The topological polar surface area (TPSA) is 32.8 Å². The molecule has 0 aliphatic carbocycles. The second-order valence-corrected chi connectivity index (χ2v) is 8.12. The fraction of sp³-hybridized carbons (Fsp3) is 0.435. The van der Waals surface area contributed by atoms with Crippen molar-refractivity contribution >= 4 is 11.6 Å². The predicted molar refractivity (Wildman–Crippen MR) is 108 cm³/mol. The van der Waals surface area contributed by atoms with Crippen LogP contribution in [-0.2, 0) is 16.1 Å². The van der Waals surface area contributed by atoms with Crippen molar-refractivity contribution in [3.05, 3.63) is 65.0 Å². The predicted octanol–water partition coefficient (Wildman–Crippen LogP) is 3.84. The highest BCUT2D eigenvalue weighted by molar-refractivity contribution is 5.95. The molecule has 1 amide bonds. The van der Waals surface area contributed by atoms with Crippen LogP contribution in [0.4, 0.5) is 10.1 Å². The Bertz CT molecular complexity index is 857. The number of benzene rings is 2. The summed E-state index contributed by atoms with van der Waals surface area (Å²) in [5.41, 5.74) is 4.43. The number of hydrogen-bond acceptors (Lipinski definition) is 3. The lowest BCUT2D eigenvalue weighted by Gasteiger charge is -2.47. The van der Waals surface area contributed by atoms with E-state index in [1.54, 1.807) is 17.0 Å². The third-order valence-electron chi connectivity index (χ3n) is 6.13. The fourth-order valence-electron chi connectivity index (χ4n) is 4.15. The second kappa shape index (κ2) is 7.64. The molecule has 1 spiro atoms. The largest absolute Gasteiger partial charge is 0.363 e. The molecule has 2 fully saturated rings. The Kier molecular flexibility index (Phi) is 5.21. The fourth-order valence-corrected chi connectivity index (χ4v) is 4.15. The van der Waals surface area contributed by atoms with Gasteiger partial charge in [0, 0.05) is 25.3 Å². The minimum Gasteiger partial charge on any atom is -0.363 e. The zero-order chi connectivity index (χ0) is 19.7. The Morgan fingerprint density at radius 3 is 2.43 bits per heavy atom. The summed E-state index contributed by atoms with van der Waals surface area (Å²) in [6.45, 7) is 7.75. The third-order valence-corrected chi connectivity index (χ3v) is 6.13. The highest BCUT2D eigenvalue weighted by Crippen LogP contribution is 2.33. The van der Waals surface area contributed by atoms with Crippen LogP contribution in [0.1, 0.15) is 29.5 Å². The van der Waals surface area contributed by atoms with Gasteiger partial charge in [-0.3, -0.25) is 9.69 Å². The number of carbonyl (C=O) groups excluding carboxylic acids is 1. The zero-order valence-corrected chi connectivity index (χ0v) is 16.6. The monoisotopic (exact) mass is 382 g/mol. The maximum Gasteiger partial charge on any atom is 0.253 e. The molecule has 0 radical (unpaired) electrons. The third kappa shape index (κ3) is 3.96. The van der Waals surface area contributed by atoms with Crippen molar-refractivity contribution in [3.8, 4) is 0 Å². The number of rotatable bonds is 3. The Labute approximate surface area is 165 Å². The van der Waals surface area contributed by atoms with Gasteiger partial charge in [-0.1, -0.05) is 18.2 Å². The van der Waals surface area contributed by atoms with Crippen LogP contribution in [-0.4, -0.2) is 42.6 Å². The number of aryl methyl sites for hydroxylation is 2. The van der Waals surface area contributed by atoms with Crippen LogP contribution in [0.2, 0.25) is 0 Å². The van der Waals surface area contributed by atoms with Crippen molar-refractivity contribution in [2.24, 2.45) is 0 Å². The number of hydrogen-bond donors (Lipinski definition) is 0. The summed E-state index contributed by atoms with van der Waals surface area (Å²) in [6, 6.07) is 12.8. The van der Waals surface area contributed by atoms with Crippen molar-refractivity contribution in [2.45, 2.75) is 38.8 Å². The maximum atomic E-state index is 13.2. The van der Waals surface area contributed by atoms with Crippen LogP contribution in [0.15, 0.2) is 42.5 Å². The molecule has 5 heteroatoms. The van der Waals surface area contributed by atoms with Crippen molar-refractivity contribution in [1.29, 1.82) is 0 Å². The van der Waals surface area contributed by atoms with E-state index in [1.165, 1.54) is 28.8 Å². The van der Waals surface area contributed by atoms with Crippen molar-refractivity contribution in [3.63, 3.8) is 0 Å². The number of nitrogens with zero attached hydrogens (tertiary/aromatic N) is 2. The molecular weight excluding hydrogens is 355 g/mol. The van der Waals surface area contributed by atoms with E-state index in [4.69, 9.17) is 4.74 Å².